The monoisotopic (exact) mass is 294 g/mol. The van der Waals surface area contributed by atoms with E-state index in [0.29, 0.717) is 44.3 Å². The fourth-order valence-corrected chi connectivity index (χ4v) is 2.13. The van der Waals surface area contributed by atoms with Gasteiger partial charge in [-0.05, 0) is 19.8 Å². The molecule has 118 valence electrons. The van der Waals surface area contributed by atoms with Gasteiger partial charge in [-0.1, -0.05) is 13.8 Å². The zero-order valence-electron chi connectivity index (χ0n) is 13.4. The minimum Gasteiger partial charge on any atom is -0.365 e. The van der Waals surface area contributed by atoms with Crippen molar-refractivity contribution in [3.05, 3.63) is 22.7 Å². The predicted octanol–water partition coefficient (Wildman–Crippen LogP) is 1.57. The van der Waals surface area contributed by atoms with Gasteiger partial charge in [0.1, 0.15) is 0 Å². The minimum absolute atomic E-state index is 0.0888. The van der Waals surface area contributed by atoms with Crippen LogP contribution >= 0.6 is 0 Å². The molecule has 0 aliphatic rings. The Morgan fingerprint density at radius 2 is 2.05 bits per heavy atom. The van der Waals surface area contributed by atoms with Crippen molar-refractivity contribution in [2.24, 2.45) is 5.92 Å². The Kier molecular flexibility index (Phi) is 6.91. The van der Waals surface area contributed by atoms with Crippen LogP contribution in [-0.2, 0) is 11.3 Å². The Morgan fingerprint density at radius 3 is 2.62 bits per heavy atom. The molecule has 0 unspecified atom stereocenters. The van der Waals surface area contributed by atoms with Crippen molar-refractivity contribution >= 4 is 11.7 Å². The maximum atomic E-state index is 12.2. The lowest BCUT2D eigenvalue weighted by Gasteiger charge is -2.18. The Morgan fingerprint density at radius 1 is 1.38 bits per heavy atom. The van der Waals surface area contributed by atoms with Crippen LogP contribution in [0.1, 0.15) is 34.1 Å². The molecule has 1 aromatic heterocycles. The standard InChI is InChI=1S/C15H26N4O2/c1-5-18(6-2)13(20)7-8-16-14-15(21)19(10-9-17-14)11-12(3)4/h9-10,12H,5-8,11H2,1-4H3,(H,16,17). The van der Waals surface area contributed by atoms with E-state index in [-0.39, 0.29) is 11.5 Å². The second-order valence-corrected chi connectivity index (χ2v) is 5.37. The molecule has 6 nitrogen and oxygen atoms in total. The summed E-state index contributed by atoms with van der Waals surface area (Å²) in [6.45, 7) is 10.5. The summed E-state index contributed by atoms with van der Waals surface area (Å²) in [7, 11) is 0. The van der Waals surface area contributed by atoms with Gasteiger partial charge in [-0.25, -0.2) is 4.98 Å². The third-order valence-corrected chi connectivity index (χ3v) is 3.22. The maximum Gasteiger partial charge on any atom is 0.293 e. The van der Waals surface area contributed by atoms with Gasteiger partial charge in [0.25, 0.3) is 5.56 Å². The zero-order valence-corrected chi connectivity index (χ0v) is 13.4. The molecule has 1 amide bonds. The fraction of sp³-hybridized carbons (Fsp3) is 0.667. The smallest absolute Gasteiger partial charge is 0.293 e. The molecule has 0 saturated heterocycles. The first-order valence-corrected chi connectivity index (χ1v) is 7.56. The van der Waals surface area contributed by atoms with Crippen molar-refractivity contribution in [3.8, 4) is 0 Å². The summed E-state index contributed by atoms with van der Waals surface area (Å²) in [5.41, 5.74) is -0.138. The average Bonchev–Trinajstić information content (AvgIpc) is 2.43. The lowest BCUT2D eigenvalue weighted by molar-refractivity contribution is -0.130. The van der Waals surface area contributed by atoms with Crippen LogP contribution in [-0.4, -0.2) is 40.0 Å². The summed E-state index contributed by atoms with van der Waals surface area (Å²) >= 11 is 0. The highest BCUT2D eigenvalue weighted by atomic mass is 16.2. The molecule has 0 spiro atoms. The molecular formula is C15H26N4O2. The molecule has 0 radical (unpaired) electrons. The molecule has 0 bridgehead atoms. The Labute approximate surface area is 126 Å². The number of hydrogen-bond acceptors (Lipinski definition) is 4. The number of aromatic nitrogens is 2. The molecule has 0 aromatic carbocycles. The van der Waals surface area contributed by atoms with Crippen LogP contribution < -0.4 is 10.9 Å². The van der Waals surface area contributed by atoms with Gasteiger partial charge < -0.3 is 14.8 Å². The third-order valence-electron chi connectivity index (χ3n) is 3.22. The van der Waals surface area contributed by atoms with Gasteiger partial charge in [-0.3, -0.25) is 9.59 Å². The molecular weight excluding hydrogens is 268 g/mol. The van der Waals surface area contributed by atoms with Crippen LogP contribution in [0, 0.1) is 5.92 Å². The second kappa shape index (κ2) is 8.44. The van der Waals surface area contributed by atoms with Crippen molar-refractivity contribution in [2.45, 2.75) is 40.7 Å². The number of hydrogen-bond donors (Lipinski definition) is 1. The number of nitrogens with one attached hydrogen (secondary N) is 1. The summed E-state index contributed by atoms with van der Waals surface area (Å²) in [6, 6.07) is 0. The average molecular weight is 294 g/mol. The zero-order chi connectivity index (χ0) is 15.8. The summed E-state index contributed by atoms with van der Waals surface area (Å²) < 4.78 is 1.65. The number of amides is 1. The molecule has 1 aromatic rings. The van der Waals surface area contributed by atoms with Gasteiger partial charge in [0.05, 0.1) is 0 Å². The van der Waals surface area contributed by atoms with E-state index in [4.69, 9.17) is 0 Å². The van der Waals surface area contributed by atoms with E-state index < -0.39 is 0 Å². The fourth-order valence-electron chi connectivity index (χ4n) is 2.13. The quantitative estimate of drug-likeness (QED) is 0.790. The Bertz CT molecular complexity index is 507. The van der Waals surface area contributed by atoms with Crippen molar-refractivity contribution in [1.82, 2.24) is 14.5 Å². The van der Waals surface area contributed by atoms with Gasteiger partial charge in [0, 0.05) is 45.0 Å². The Hall–Kier alpha value is -1.85. The van der Waals surface area contributed by atoms with Crippen molar-refractivity contribution in [2.75, 3.05) is 25.0 Å². The van der Waals surface area contributed by atoms with E-state index in [1.54, 1.807) is 21.9 Å². The molecule has 0 aliphatic carbocycles. The predicted molar refractivity (Wildman–Crippen MR) is 84.4 cm³/mol. The minimum atomic E-state index is -0.138. The van der Waals surface area contributed by atoms with E-state index in [2.05, 4.69) is 24.1 Å². The van der Waals surface area contributed by atoms with Gasteiger partial charge >= 0.3 is 0 Å². The van der Waals surface area contributed by atoms with Gasteiger partial charge in [-0.15, -0.1) is 0 Å². The topological polar surface area (TPSA) is 67.2 Å². The molecule has 0 atom stereocenters. The molecule has 0 aliphatic heterocycles. The second-order valence-electron chi connectivity index (χ2n) is 5.37. The van der Waals surface area contributed by atoms with E-state index in [1.165, 1.54) is 0 Å². The van der Waals surface area contributed by atoms with Crippen molar-refractivity contribution in [1.29, 1.82) is 0 Å². The Balaban J connectivity index is 2.60. The number of nitrogens with zero attached hydrogens (tertiary/aromatic N) is 3. The highest BCUT2D eigenvalue weighted by Gasteiger charge is 2.10. The first-order chi connectivity index (χ1) is 9.99. The summed E-state index contributed by atoms with van der Waals surface area (Å²) in [4.78, 5) is 29.9. The molecule has 21 heavy (non-hydrogen) atoms. The van der Waals surface area contributed by atoms with Crippen LogP contribution in [0.3, 0.4) is 0 Å². The van der Waals surface area contributed by atoms with E-state index >= 15 is 0 Å². The van der Waals surface area contributed by atoms with Crippen molar-refractivity contribution in [3.63, 3.8) is 0 Å². The van der Waals surface area contributed by atoms with Gasteiger partial charge in [-0.2, -0.15) is 0 Å². The number of anilines is 1. The first-order valence-electron chi connectivity index (χ1n) is 7.56. The van der Waals surface area contributed by atoms with E-state index in [9.17, 15) is 9.59 Å². The molecule has 0 saturated carbocycles. The summed E-state index contributed by atoms with van der Waals surface area (Å²) in [5, 5.41) is 2.97. The van der Waals surface area contributed by atoms with Crippen LogP contribution in [0.5, 0.6) is 0 Å². The molecule has 1 heterocycles. The molecule has 1 rings (SSSR count). The molecule has 6 heteroatoms. The number of carbonyl (C=O) groups excluding carboxylic acids is 1. The number of rotatable bonds is 8. The van der Waals surface area contributed by atoms with E-state index in [0.717, 1.165) is 0 Å². The van der Waals surface area contributed by atoms with Crippen LogP contribution in [0.15, 0.2) is 17.2 Å². The van der Waals surface area contributed by atoms with Gasteiger partial charge in [0.15, 0.2) is 5.82 Å². The van der Waals surface area contributed by atoms with Crippen molar-refractivity contribution < 1.29 is 4.79 Å². The molecule has 1 N–H and O–H groups in total. The number of carbonyl (C=O) groups is 1. The van der Waals surface area contributed by atoms with Crippen LogP contribution in [0.2, 0.25) is 0 Å². The van der Waals surface area contributed by atoms with Crippen LogP contribution in [0.25, 0.3) is 0 Å². The lowest BCUT2D eigenvalue weighted by Crippen LogP contribution is -2.32. The SMILES string of the molecule is CCN(CC)C(=O)CCNc1nccn(CC(C)C)c1=O. The third kappa shape index (κ3) is 5.21. The van der Waals surface area contributed by atoms with E-state index in [1.807, 2.05) is 13.8 Å². The highest BCUT2D eigenvalue weighted by molar-refractivity contribution is 5.76. The van der Waals surface area contributed by atoms with Gasteiger partial charge in [0.2, 0.25) is 5.91 Å². The lowest BCUT2D eigenvalue weighted by atomic mass is 10.2. The maximum absolute atomic E-state index is 12.2. The van der Waals surface area contributed by atoms with Crippen LogP contribution in [0.4, 0.5) is 5.82 Å². The molecule has 0 fully saturated rings. The first kappa shape index (κ1) is 17.2. The largest absolute Gasteiger partial charge is 0.365 e. The summed E-state index contributed by atoms with van der Waals surface area (Å²) in [5.74, 6) is 0.790. The highest BCUT2D eigenvalue weighted by Crippen LogP contribution is 2.00. The summed E-state index contributed by atoms with van der Waals surface area (Å²) in [6.07, 6.45) is 3.66. The normalized spacial score (nSPS) is 10.7.